The van der Waals surface area contributed by atoms with E-state index in [9.17, 15) is 30.3 Å². The lowest BCUT2D eigenvalue weighted by atomic mass is 9.99. The number of aliphatic hydroxyl groups excluding tert-OH is 5. The van der Waals surface area contributed by atoms with E-state index in [1.54, 1.807) is 6.08 Å². The molecule has 66 heavy (non-hydrogen) atoms. The average molecular weight is 934 g/mol. The van der Waals surface area contributed by atoms with Gasteiger partial charge in [0.1, 0.15) is 24.4 Å². The predicted molar refractivity (Wildman–Crippen MR) is 276 cm³/mol. The van der Waals surface area contributed by atoms with Crippen molar-refractivity contribution in [3.05, 3.63) is 36.5 Å². The van der Waals surface area contributed by atoms with Gasteiger partial charge in [-0.3, -0.25) is 4.79 Å². The molecule has 1 aliphatic heterocycles. The van der Waals surface area contributed by atoms with Gasteiger partial charge in [-0.25, -0.2) is 0 Å². The van der Waals surface area contributed by atoms with Crippen molar-refractivity contribution in [3.63, 3.8) is 0 Å². The van der Waals surface area contributed by atoms with Crippen molar-refractivity contribution in [2.75, 3.05) is 13.2 Å². The largest absolute Gasteiger partial charge is 0.394 e. The standard InChI is InChI=1S/C57H107NO8/c1-3-5-7-9-11-13-15-17-18-19-20-21-22-23-24-25-26-27-28-29-30-31-32-33-34-35-37-39-41-43-45-47-53(61)58-50(49-65-57-56(64)55(63)54(62)52(48-59)66-57)51(60)46-44-42-40-38-36-16-14-12-10-8-6-4-2/h15,17,19-20,44,46,50-52,54-57,59-60,62-64H,3-14,16,18,21-43,45,47-49H2,1-2H3,(H,58,61)/b17-15-,20-19-,46-44+. The van der Waals surface area contributed by atoms with Crippen molar-refractivity contribution in [2.24, 2.45) is 0 Å². The van der Waals surface area contributed by atoms with Crippen molar-refractivity contribution in [1.82, 2.24) is 5.32 Å². The van der Waals surface area contributed by atoms with Crippen LogP contribution in [0.1, 0.15) is 264 Å². The molecule has 0 saturated carbocycles. The highest BCUT2D eigenvalue weighted by Crippen LogP contribution is 2.23. The Morgan fingerprint density at radius 2 is 0.894 bits per heavy atom. The van der Waals surface area contributed by atoms with E-state index in [-0.39, 0.29) is 12.5 Å². The van der Waals surface area contributed by atoms with Gasteiger partial charge in [0, 0.05) is 6.42 Å². The summed E-state index contributed by atoms with van der Waals surface area (Å²) in [6, 6.07) is -0.802. The first-order chi connectivity index (χ1) is 32.3. The molecule has 0 spiro atoms. The van der Waals surface area contributed by atoms with Crippen LogP contribution in [0.2, 0.25) is 0 Å². The molecule has 0 aliphatic carbocycles. The maximum Gasteiger partial charge on any atom is 0.220 e. The third kappa shape index (κ3) is 36.4. The summed E-state index contributed by atoms with van der Waals surface area (Å²) in [5.41, 5.74) is 0. The Kier molecular flexibility index (Phi) is 44.6. The van der Waals surface area contributed by atoms with Crippen LogP contribution in [0.5, 0.6) is 0 Å². The van der Waals surface area contributed by atoms with Crippen LogP contribution in [0.25, 0.3) is 0 Å². The lowest BCUT2D eigenvalue weighted by Gasteiger charge is -2.40. The Labute approximate surface area is 406 Å². The zero-order valence-electron chi connectivity index (χ0n) is 43.0. The molecule has 1 fully saturated rings. The van der Waals surface area contributed by atoms with E-state index in [4.69, 9.17) is 9.47 Å². The molecule has 7 unspecified atom stereocenters. The van der Waals surface area contributed by atoms with E-state index in [1.165, 1.54) is 199 Å². The van der Waals surface area contributed by atoms with Crippen LogP contribution in [-0.4, -0.2) is 87.5 Å². The van der Waals surface area contributed by atoms with E-state index in [1.807, 2.05) is 6.08 Å². The molecule has 388 valence electrons. The number of hydrogen-bond donors (Lipinski definition) is 6. The number of nitrogens with one attached hydrogen (secondary N) is 1. The summed E-state index contributed by atoms with van der Waals surface area (Å²) in [6.07, 6.45) is 53.6. The first-order valence-electron chi connectivity index (χ1n) is 28.2. The van der Waals surface area contributed by atoms with Crippen molar-refractivity contribution in [1.29, 1.82) is 0 Å². The van der Waals surface area contributed by atoms with Gasteiger partial charge in [0.05, 0.1) is 25.4 Å². The lowest BCUT2D eigenvalue weighted by molar-refractivity contribution is -0.302. The first kappa shape index (κ1) is 62.4. The number of allylic oxidation sites excluding steroid dienone is 5. The Balaban J connectivity index is 2.12. The highest BCUT2D eigenvalue weighted by molar-refractivity contribution is 5.76. The second kappa shape index (κ2) is 47.1. The summed E-state index contributed by atoms with van der Waals surface area (Å²) < 4.78 is 11.2. The zero-order valence-corrected chi connectivity index (χ0v) is 43.0. The Bertz CT molecular complexity index is 1130. The highest BCUT2D eigenvalue weighted by atomic mass is 16.7. The summed E-state index contributed by atoms with van der Waals surface area (Å²) in [4.78, 5) is 13.0. The van der Waals surface area contributed by atoms with E-state index in [0.29, 0.717) is 6.42 Å². The van der Waals surface area contributed by atoms with Gasteiger partial charge in [0.15, 0.2) is 6.29 Å². The van der Waals surface area contributed by atoms with Crippen LogP contribution in [0.3, 0.4) is 0 Å². The third-order valence-corrected chi connectivity index (χ3v) is 13.5. The highest BCUT2D eigenvalue weighted by Gasteiger charge is 2.44. The summed E-state index contributed by atoms with van der Waals surface area (Å²) in [5, 5.41) is 54.3. The van der Waals surface area contributed by atoms with Crippen LogP contribution >= 0.6 is 0 Å². The molecule has 0 bridgehead atoms. The molecule has 6 N–H and O–H groups in total. The van der Waals surface area contributed by atoms with Crippen LogP contribution in [-0.2, 0) is 14.3 Å². The maximum absolute atomic E-state index is 13.0. The predicted octanol–water partition coefficient (Wildman–Crippen LogP) is 13.6. The Morgan fingerprint density at radius 3 is 1.30 bits per heavy atom. The van der Waals surface area contributed by atoms with Crippen molar-refractivity contribution in [3.8, 4) is 0 Å². The molecule has 1 aliphatic rings. The second-order valence-corrected chi connectivity index (χ2v) is 19.7. The second-order valence-electron chi connectivity index (χ2n) is 19.7. The number of unbranched alkanes of at least 4 members (excludes halogenated alkanes) is 34. The number of ether oxygens (including phenoxy) is 2. The summed E-state index contributed by atoms with van der Waals surface area (Å²) in [7, 11) is 0. The molecule has 9 nitrogen and oxygen atoms in total. The van der Waals surface area contributed by atoms with Gasteiger partial charge in [-0.1, -0.05) is 243 Å². The molecule has 0 aromatic carbocycles. The number of rotatable bonds is 48. The molecule has 0 aromatic heterocycles. The summed E-state index contributed by atoms with van der Waals surface area (Å²) >= 11 is 0. The van der Waals surface area contributed by atoms with Gasteiger partial charge >= 0.3 is 0 Å². The third-order valence-electron chi connectivity index (χ3n) is 13.5. The van der Waals surface area contributed by atoms with Gasteiger partial charge in [-0.05, 0) is 51.4 Å². The van der Waals surface area contributed by atoms with E-state index in [0.717, 1.165) is 44.9 Å². The molecule has 1 saturated heterocycles. The average Bonchev–Trinajstić information content (AvgIpc) is 3.32. The lowest BCUT2D eigenvalue weighted by Crippen LogP contribution is -2.60. The molecule has 7 atom stereocenters. The molecule has 0 aromatic rings. The van der Waals surface area contributed by atoms with Gasteiger partial charge in [0.2, 0.25) is 5.91 Å². The Hall–Kier alpha value is -1.59. The van der Waals surface area contributed by atoms with E-state index >= 15 is 0 Å². The quantitative estimate of drug-likeness (QED) is 0.0261. The molecule has 1 rings (SSSR count). The molecular weight excluding hydrogens is 827 g/mol. The number of carbonyl (C=O) groups excluding carboxylic acids is 1. The van der Waals surface area contributed by atoms with Crippen LogP contribution in [0.4, 0.5) is 0 Å². The van der Waals surface area contributed by atoms with E-state index in [2.05, 4.69) is 43.5 Å². The monoisotopic (exact) mass is 934 g/mol. The van der Waals surface area contributed by atoms with Crippen molar-refractivity contribution >= 4 is 5.91 Å². The van der Waals surface area contributed by atoms with Crippen molar-refractivity contribution in [2.45, 2.75) is 307 Å². The molecule has 1 amide bonds. The fourth-order valence-corrected chi connectivity index (χ4v) is 8.95. The van der Waals surface area contributed by atoms with Crippen molar-refractivity contribution < 1.29 is 39.8 Å². The Morgan fingerprint density at radius 1 is 0.515 bits per heavy atom. The first-order valence-corrected chi connectivity index (χ1v) is 28.2. The van der Waals surface area contributed by atoms with Gasteiger partial charge < -0.3 is 40.3 Å². The summed E-state index contributed by atoms with van der Waals surface area (Å²) in [5.74, 6) is -0.175. The van der Waals surface area contributed by atoms with E-state index < -0.39 is 49.5 Å². The fraction of sp³-hybridized carbons (Fsp3) is 0.877. The fourth-order valence-electron chi connectivity index (χ4n) is 8.95. The molecule has 9 heteroatoms. The minimum atomic E-state index is -1.56. The normalized spacial score (nSPS) is 20.0. The number of carbonyl (C=O) groups is 1. The SMILES string of the molecule is CCCCCCC/C=C\C/C=C\CCCCCCCCCCCCCCCCCCCCCC(=O)NC(COC1OC(CO)C(O)C(O)C1O)C(O)/C=C/CCCCCCCCCCCC. The zero-order chi connectivity index (χ0) is 48.0. The van der Waals surface area contributed by atoms with Crippen LogP contribution < -0.4 is 5.32 Å². The van der Waals surface area contributed by atoms with Crippen LogP contribution in [0, 0.1) is 0 Å². The molecule has 0 radical (unpaired) electrons. The smallest absolute Gasteiger partial charge is 0.220 e. The minimum absolute atomic E-state index is 0.175. The molecule has 1 heterocycles. The minimum Gasteiger partial charge on any atom is -0.394 e. The number of amides is 1. The maximum atomic E-state index is 13.0. The van der Waals surface area contributed by atoms with Gasteiger partial charge in [0.25, 0.3) is 0 Å². The van der Waals surface area contributed by atoms with Crippen LogP contribution in [0.15, 0.2) is 36.5 Å². The number of aliphatic hydroxyl groups is 5. The summed E-state index contributed by atoms with van der Waals surface area (Å²) in [6.45, 7) is 3.77. The van der Waals surface area contributed by atoms with Gasteiger partial charge in [-0.2, -0.15) is 0 Å². The number of hydrogen-bond acceptors (Lipinski definition) is 8. The van der Waals surface area contributed by atoms with Gasteiger partial charge in [-0.15, -0.1) is 0 Å². The molecular formula is C57H107NO8. The topological polar surface area (TPSA) is 149 Å².